The fourth-order valence-electron chi connectivity index (χ4n) is 12.9. The maximum absolute atomic E-state index is 15.5. The van der Waals surface area contributed by atoms with Gasteiger partial charge in [0.15, 0.2) is 0 Å². The van der Waals surface area contributed by atoms with Crippen LogP contribution in [0.1, 0.15) is 107 Å². The van der Waals surface area contributed by atoms with Crippen LogP contribution in [-0.2, 0) is 78.7 Å². The zero-order valence-electron chi connectivity index (χ0n) is 56.3. The molecule has 3 aliphatic rings. The first-order valence-electron chi connectivity index (χ1n) is 33.5. The van der Waals surface area contributed by atoms with Crippen LogP contribution in [0.4, 0.5) is 8.78 Å². The Hall–Kier alpha value is -9.02. The minimum Gasteiger partial charge on any atom is -0.497 e. The summed E-state index contributed by atoms with van der Waals surface area (Å²) in [6.45, 7) is 6.87. The number of amides is 10. The fraction of sp³-hybridized carbons (Fsp3) is 0.465. The number of rotatable bonds is 13. The molecule has 0 radical (unpaired) electrons. The summed E-state index contributed by atoms with van der Waals surface area (Å²) in [4.78, 5) is 155. The largest absolute Gasteiger partial charge is 0.497 e. The van der Waals surface area contributed by atoms with Crippen molar-refractivity contribution in [3.05, 3.63) is 137 Å². The van der Waals surface area contributed by atoms with Crippen LogP contribution in [0.2, 0.25) is 0 Å². The lowest BCUT2D eigenvalue weighted by Crippen LogP contribution is -2.63. The first kappa shape index (κ1) is 74.2. The number of halogens is 2. The molecule has 99 heavy (non-hydrogen) atoms. The van der Waals surface area contributed by atoms with Gasteiger partial charge in [0, 0.05) is 96.0 Å². The van der Waals surface area contributed by atoms with Crippen molar-refractivity contribution < 1.29 is 61.5 Å². The van der Waals surface area contributed by atoms with Gasteiger partial charge in [0.25, 0.3) is 0 Å². The highest BCUT2D eigenvalue weighted by molar-refractivity contribution is 7.98. The van der Waals surface area contributed by atoms with Gasteiger partial charge in [-0.2, -0.15) is 23.5 Å². The lowest BCUT2D eigenvalue weighted by molar-refractivity contribution is -0.147. The number of carbonyl (C=O) groups is 10. The molecule has 13 N–H and O–H groups in total. The van der Waals surface area contributed by atoms with Crippen LogP contribution in [0.15, 0.2) is 97.3 Å². The number of fused-ring (bicyclic) bond motifs is 6. The van der Waals surface area contributed by atoms with Crippen molar-refractivity contribution in [2.24, 2.45) is 17.4 Å². The molecule has 10 amide bonds. The molecule has 3 aliphatic heterocycles. The molecular formula is C71H89F2N13O11S2. The molecule has 0 aliphatic carbocycles. The second-order valence-electron chi connectivity index (χ2n) is 26.1. The van der Waals surface area contributed by atoms with Crippen LogP contribution >= 0.6 is 23.5 Å². The highest BCUT2D eigenvalue weighted by atomic mass is 32.2. The number of ether oxygens (including phenoxy) is 1. The summed E-state index contributed by atoms with van der Waals surface area (Å²) in [5, 5.41) is 20.5. The van der Waals surface area contributed by atoms with E-state index in [9.17, 15) is 38.0 Å². The minimum atomic E-state index is -1.52. The lowest BCUT2D eigenvalue weighted by Gasteiger charge is -2.37. The molecule has 24 nitrogen and oxygen atoms in total. The van der Waals surface area contributed by atoms with E-state index in [1.807, 2.05) is 24.3 Å². The van der Waals surface area contributed by atoms with Crippen LogP contribution in [-0.4, -0.2) is 171 Å². The Kier molecular flexibility index (Phi) is 25.6. The maximum Gasteiger partial charge on any atom is 0.246 e. The number of nitrogens with two attached hydrogens (primary N) is 2. The Morgan fingerprint density at radius 2 is 1.28 bits per heavy atom. The summed E-state index contributed by atoms with van der Waals surface area (Å²) in [7, 11) is 1.51. The topological polar surface area (TPSA) is 354 Å². The summed E-state index contributed by atoms with van der Waals surface area (Å²) in [6.07, 6.45) is 4.81. The second-order valence-corrected chi connectivity index (χ2v) is 28.3. The predicted molar refractivity (Wildman–Crippen MR) is 374 cm³/mol. The smallest absolute Gasteiger partial charge is 0.246 e. The number of carbonyl (C=O) groups excluding carboxylic acids is 10. The normalized spacial score (nSPS) is 24.4. The van der Waals surface area contributed by atoms with Gasteiger partial charge >= 0.3 is 0 Å². The van der Waals surface area contributed by atoms with E-state index in [1.165, 1.54) is 83.8 Å². The molecule has 2 aromatic heterocycles. The monoisotopic (exact) mass is 1400 g/mol. The molecule has 2 saturated heterocycles. The molecule has 4 aromatic carbocycles. The van der Waals surface area contributed by atoms with Crippen LogP contribution in [0.3, 0.4) is 0 Å². The Balaban J connectivity index is 1.04. The van der Waals surface area contributed by atoms with Gasteiger partial charge < -0.3 is 73.2 Å². The van der Waals surface area contributed by atoms with Crippen LogP contribution in [0.25, 0.3) is 21.8 Å². The van der Waals surface area contributed by atoms with Gasteiger partial charge in [-0.25, -0.2) is 8.78 Å². The summed E-state index contributed by atoms with van der Waals surface area (Å²) in [5.74, 6) is -6.80. The number of aromatic amines is 2. The molecule has 28 heteroatoms. The number of unbranched alkanes of at least 4 members (excludes halogenated alkanes) is 1. The van der Waals surface area contributed by atoms with Crippen molar-refractivity contribution in [3.8, 4) is 5.75 Å². The number of methoxy groups -OCH3 is 1. The summed E-state index contributed by atoms with van der Waals surface area (Å²) >= 11 is 2.87. The van der Waals surface area contributed by atoms with E-state index in [2.05, 4.69) is 47.2 Å². The van der Waals surface area contributed by atoms with E-state index in [4.69, 9.17) is 16.2 Å². The Bertz CT molecular complexity index is 3930. The summed E-state index contributed by atoms with van der Waals surface area (Å²) < 4.78 is 35.3. The predicted octanol–water partition coefficient (Wildman–Crippen LogP) is 4.59. The summed E-state index contributed by atoms with van der Waals surface area (Å²) in [6, 6.07) is 12.3. The van der Waals surface area contributed by atoms with Crippen LogP contribution in [0.5, 0.6) is 5.75 Å². The van der Waals surface area contributed by atoms with Crippen molar-refractivity contribution in [2.45, 2.75) is 164 Å². The van der Waals surface area contributed by atoms with E-state index < -0.39 is 130 Å². The van der Waals surface area contributed by atoms with E-state index in [1.54, 1.807) is 57.4 Å². The number of H-pyrrole nitrogens is 2. The molecule has 5 heterocycles. The molecule has 9 rings (SSSR count). The van der Waals surface area contributed by atoms with Gasteiger partial charge in [0.1, 0.15) is 71.3 Å². The lowest BCUT2D eigenvalue weighted by atomic mass is 9.95. The highest BCUT2D eigenvalue weighted by Crippen LogP contribution is 2.32. The van der Waals surface area contributed by atoms with E-state index in [0.29, 0.717) is 93.7 Å². The molecule has 6 aromatic rings. The third-order valence-electron chi connectivity index (χ3n) is 18.5. The number of nitrogens with zero attached hydrogens (tertiary/aromatic N) is 2. The van der Waals surface area contributed by atoms with Crippen molar-refractivity contribution >= 4 is 104 Å². The number of aromatic nitrogens is 2. The zero-order chi connectivity index (χ0) is 71.1. The molecule has 530 valence electrons. The van der Waals surface area contributed by atoms with Gasteiger partial charge in [-0.1, -0.05) is 50.2 Å². The molecule has 2 bridgehead atoms. The quantitative estimate of drug-likeness (QED) is 0.0705. The van der Waals surface area contributed by atoms with E-state index >= 15 is 18.8 Å². The summed E-state index contributed by atoms with van der Waals surface area (Å²) in [5.41, 5.74) is 14.6. The van der Waals surface area contributed by atoms with Gasteiger partial charge in [0.2, 0.25) is 59.1 Å². The second kappa shape index (κ2) is 34.2. The Morgan fingerprint density at radius 1 is 0.667 bits per heavy atom. The number of hydrogen-bond acceptors (Lipinski definition) is 14. The number of thioether (sulfide) groups is 2. The molecule has 9 atom stereocenters. The average Bonchev–Trinajstić information content (AvgIpc) is 1.71. The third-order valence-corrected chi connectivity index (χ3v) is 20.7. The van der Waals surface area contributed by atoms with Gasteiger partial charge in [0.05, 0.1) is 7.11 Å². The molecule has 0 saturated carbocycles. The third kappa shape index (κ3) is 19.1. The molecule has 1 unspecified atom stereocenters. The van der Waals surface area contributed by atoms with Crippen molar-refractivity contribution in [1.29, 1.82) is 0 Å². The van der Waals surface area contributed by atoms with Crippen molar-refractivity contribution in [2.75, 3.05) is 38.2 Å². The number of primary amides is 1. The number of benzene rings is 4. The first-order valence-corrected chi connectivity index (χ1v) is 35.8. The Labute approximate surface area is 581 Å². The molecule has 0 spiro atoms. The maximum atomic E-state index is 15.5. The first-order chi connectivity index (χ1) is 47.4. The van der Waals surface area contributed by atoms with Crippen molar-refractivity contribution in [3.63, 3.8) is 0 Å². The highest BCUT2D eigenvalue weighted by Gasteiger charge is 2.49. The molecule has 2 fully saturated rings. The Morgan fingerprint density at radius 3 is 1.92 bits per heavy atom. The SMILES string of the molecule is COc1ccc(C[C@@H]2NC(=O)[C@H](C(C)C)NC(=O)[C@@H]3CCCN3C(=O)C(Cc3c[nH]c4ccc(F)cc34)NC(=O)[C@H](Cc3c[nH]c4ccc(F)cc34)NC(=O)[C@@H](C)NC(=O)[C@H](CCCCN)NC(=O)CCSCc3cccc(c3)CSC[C@@H](C(N)=O)NC(=O)[C@]3(C)CCCN3C2=O)cc1. The average molecular weight is 1400 g/mol. The van der Waals surface area contributed by atoms with E-state index in [-0.39, 0.29) is 63.8 Å². The van der Waals surface area contributed by atoms with Crippen molar-refractivity contribution in [1.82, 2.24) is 57.0 Å². The number of nitrogens with one attached hydrogen (secondary N) is 9. The van der Waals surface area contributed by atoms with Gasteiger partial charge in [-0.05, 0) is 148 Å². The standard InChI is InChI=1S/C71H89F2N13O11S2/c1-40(2)61-67(93)82-56(30-42-15-19-49(97-5)20-16-42)69(95)86-27-10-24-71(86,4)70(96)83-58(62(75)88)39-99-38-44-12-8-11-43(29-44)37-98-28-23-60(87)79-54(13-6-7-25-74)64(90)78-41(3)63(89)80-55(31-45-35-76-52-21-17-47(72)33-50(45)52)65(91)81-57(68(94)85-26-9-14-59(85)66(92)84-61)32-46-36-77-53-22-18-48(73)34-51(46)53/h8,11-12,15-22,29,33-36,40-41,54-59,61,76-77H,6-7,9-10,13-14,23-28,30-32,37-39,74H2,1-5H3,(H2,75,88)(H,78,90)(H,79,87)(H,80,89)(H,81,91)(H,82,93)(H,83,96)(H,84,92)/t41-,54+,55+,56+,57?,58+,59+,61+,71+/m1/s1. The minimum absolute atomic E-state index is 0.0171. The zero-order valence-corrected chi connectivity index (χ0v) is 57.9. The van der Waals surface area contributed by atoms with Gasteiger partial charge in [-0.15, -0.1) is 0 Å². The van der Waals surface area contributed by atoms with Crippen LogP contribution in [0, 0.1) is 17.6 Å². The van der Waals surface area contributed by atoms with E-state index in [0.717, 1.165) is 11.1 Å². The number of hydrogen-bond donors (Lipinski definition) is 11. The van der Waals surface area contributed by atoms with Crippen LogP contribution < -0.4 is 53.4 Å². The fourth-order valence-corrected chi connectivity index (χ4v) is 14.8. The van der Waals surface area contributed by atoms with Gasteiger partial charge in [-0.3, -0.25) is 47.9 Å². The molecular weight excluding hydrogens is 1310 g/mol.